The van der Waals surface area contributed by atoms with Gasteiger partial charge >= 0.3 is 0 Å². The molecule has 4 rings (SSSR count). The average molecular weight is 422 g/mol. The highest BCUT2D eigenvalue weighted by Crippen LogP contribution is 2.23. The number of carbonyl (C=O) groups excluding carboxylic acids is 1. The first-order valence-electron chi connectivity index (χ1n) is 10.2. The highest BCUT2D eigenvalue weighted by atomic mass is 16.5. The summed E-state index contributed by atoms with van der Waals surface area (Å²) in [5.74, 6) is 1.23. The third-order valence-electron chi connectivity index (χ3n) is 5.63. The van der Waals surface area contributed by atoms with E-state index < -0.39 is 5.54 Å². The van der Waals surface area contributed by atoms with Gasteiger partial charge in [0.25, 0.3) is 5.56 Å². The molecule has 0 atom stereocenters. The molecular formula is C23H26N4O4. The first kappa shape index (κ1) is 20.7. The fraction of sp³-hybridized carbons (Fsp3) is 0.348. The number of methoxy groups -OCH3 is 1. The second kappa shape index (κ2) is 8.29. The zero-order valence-electron chi connectivity index (χ0n) is 17.9. The van der Waals surface area contributed by atoms with Crippen molar-refractivity contribution in [3.8, 4) is 17.2 Å². The standard InChI is InChI=1S/C23H26N4O4/c1-23(2,27-21(28)11-10-19(24-27)20-5-4-16-31-20)22(29)26-14-12-25(13-15-26)17-6-8-18(30-3)9-7-17/h4-11,16H,12-15H2,1-3H3. The second-order valence-corrected chi connectivity index (χ2v) is 7.98. The monoisotopic (exact) mass is 422 g/mol. The van der Waals surface area contributed by atoms with Gasteiger partial charge in [-0.1, -0.05) is 0 Å². The van der Waals surface area contributed by atoms with Gasteiger partial charge in [0.1, 0.15) is 17.0 Å². The molecule has 3 heterocycles. The van der Waals surface area contributed by atoms with Crippen LogP contribution in [0.15, 0.2) is 64.0 Å². The van der Waals surface area contributed by atoms with E-state index in [2.05, 4.69) is 10.00 Å². The summed E-state index contributed by atoms with van der Waals surface area (Å²) in [7, 11) is 1.64. The summed E-state index contributed by atoms with van der Waals surface area (Å²) >= 11 is 0. The Morgan fingerprint density at radius 2 is 1.74 bits per heavy atom. The van der Waals surface area contributed by atoms with Crippen LogP contribution in [-0.2, 0) is 10.3 Å². The largest absolute Gasteiger partial charge is 0.497 e. The van der Waals surface area contributed by atoms with Gasteiger partial charge in [-0.05, 0) is 56.3 Å². The van der Waals surface area contributed by atoms with E-state index in [0.29, 0.717) is 37.6 Å². The molecule has 0 bridgehead atoms. The van der Waals surface area contributed by atoms with Crippen LogP contribution in [0.3, 0.4) is 0 Å². The molecule has 1 amide bonds. The molecule has 162 valence electrons. The van der Waals surface area contributed by atoms with Crippen molar-refractivity contribution in [1.82, 2.24) is 14.7 Å². The highest BCUT2D eigenvalue weighted by molar-refractivity contribution is 5.84. The quantitative estimate of drug-likeness (QED) is 0.629. The van der Waals surface area contributed by atoms with E-state index >= 15 is 0 Å². The molecule has 8 nitrogen and oxygen atoms in total. The van der Waals surface area contributed by atoms with E-state index in [9.17, 15) is 9.59 Å². The van der Waals surface area contributed by atoms with Crippen LogP contribution in [0.5, 0.6) is 5.75 Å². The fourth-order valence-electron chi connectivity index (χ4n) is 3.81. The molecule has 0 aliphatic carbocycles. The summed E-state index contributed by atoms with van der Waals surface area (Å²) < 4.78 is 11.9. The Labute approximate surface area is 180 Å². The number of aromatic nitrogens is 2. The van der Waals surface area contributed by atoms with Crippen molar-refractivity contribution in [2.24, 2.45) is 0 Å². The maximum atomic E-state index is 13.4. The second-order valence-electron chi connectivity index (χ2n) is 7.98. The Bertz CT molecular complexity index is 1100. The van der Waals surface area contributed by atoms with Gasteiger partial charge in [0, 0.05) is 37.9 Å². The molecule has 0 radical (unpaired) electrons. The Hall–Kier alpha value is -3.55. The SMILES string of the molecule is COc1ccc(N2CCN(C(=O)C(C)(C)n3nc(-c4ccco4)ccc3=O)CC2)cc1. The number of furan rings is 1. The number of ether oxygens (including phenoxy) is 1. The zero-order valence-corrected chi connectivity index (χ0v) is 17.9. The number of hydrogen-bond acceptors (Lipinski definition) is 6. The molecule has 0 spiro atoms. The molecular weight excluding hydrogens is 396 g/mol. The number of piperazine rings is 1. The number of hydrogen-bond donors (Lipinski definition) is 0. The van der Waals surface area contributed by atoms with Crippen LogP contribution in [0.1, 0.15) is 13.8 Å². The Morgan fingerprint density at radius 3 is 2.35 bits per heavy atom. The van der Waals surface area contributed by atoms with E-state index in [1.165, 1.54) is 10.7 Å². The summed E-state index contributed by atoms with van der Waals surface area (Å²) in [6.07, 6.45) is 1.55. The number of anilines is 1. The maximum Gasteiger partial charge on any atom is 0.267 e. The van der Waals surface area contributed by atoms with Gasteiger partial charge in [-0.25, -0.2) is 4.68 Å². The minimum absolute atomic E-state index is 0.131. The van der Waals surface area contributed by atoms with Crippen molar-refractivity contribution < 1.29 is 13.9 Å². The molecule has 1 fully saturated rings. The van der Waals surface area contributed by atoms with E-state index in [0.717, 1.165) is 11.4 Å². The van der Waals surface area contributed by atoms with Gasteiger partial charge in [0.2, 0.25) is 5.91 Å². The van der Waals surface area contributed by atoms with Crippen LogP contribution in [0.25, 0.3) is 11.5 Å². The predicted molar refractivity (Wildman–Crippen MR) is 117 cm³/mol. The minimum Gasteiger partial charge on any atom is -0.497 e. The minimum atomic E-state index is -1.12. The third kappa shape index (κ3) is 4.05. The molecule has 1 aromatic carbocycles. The van der Waals surface area contributed by atoms with Gasteiger partial charge in [0.15, 0.2) is 5.76 Å². The van der Waals surface area contributed by atoms with Crippen molar-refractivity contribution in [1.29, 1.82) is 0 Å². The molecule has 1 saturated heterocycles. The van der Waals surface area contributed by atoms with E-state index in [1.54, 1.807) is 50.3 Å². The molecule has 8 heteroatoms. The maximum absolute atomic E-state index is 13.4. The van der Waals surface area contributed by atoms with Gasteiger partial charge in [-0.2, -0.15) is 5.10 Å². The predicted octanol–water partition coefficient (Wildman–Crippen LogP) is 2.60. The lowest BCUT2D eigenvalue weighted by Crippen LogP contribution is -2.56. The lowest BCUT2D eigenvalue weighted by Gasteiger charge is -2.39. The van der Waals surface area contributed by atoms with E-state index in [4.69, 9.17) is 9.15 Å². The van der Waals surface area contributed by atoms with Crippen LogP contribution in [0.2, 0.25) is 0 Å². The van der Waals surface area contributed by atoms with Crippen molar-refractivity contribution in [2.45, 2.75) is 19.4 Å². The van der Waals surface area contributed by atoms with Crippen LogP contribution < -0.4 is 15.2 Å². The first-order chi connectivity index (χ1) is 14.9. The summed E-state index contributed by atoms with van der Waals surface area (Å²) in [5.41, 5.74) is 0.152. The smallest absolute Gasteiger partial charge is 0.267 e. The third-order valence-corrected chi connectivity index (χ3v) is 5.63. The van der Waals surface area contributed by atoms with E-state index in [1.807, 2.05) is 24.3 Å². The number of rotatable bonds is 5. The van der Waals surface area contributed by atoms with Crippen molar-refractivity contribution in [3.63, 3.8) is 0 Å². The van der Waals surface area contributed by atoms with Crippen molar-refractivity contribution >= 4 is 11.6 Å². The molecule has 3 aromatic rings. The van der Waals surface area contributed by atoms with Crippen LogP contribution in [0, 0.1) is 0 Å². The Balaban J connectivity index is 1.49. The van der Waals surface area contributed by atoms with Crippen molar-refractivity contribution in [2.75, 3.05) is 38.2 Å². The number of benzene rings is 1. The number of amides is 1. The van der Waals surface area contributed by atoms with Gasteiger partial charge in [0.05, 0.1) is 13.4 Å². The van der Waals surface area contributed by atoms with E-state index in [-0.39, 0.29) is 11.5 Å². The highest BCUT2D eigenvalue weighted by Gasteiger charge is 2.37. The summed E-state index contributed by atoms with van der Waals surface area (Å²) in [6.45, 7) is 6.02. The summed E-state index contributed by atoms with van der Waals surface area (Å²) in [4.78, 5) is 29.9. The van der Waals surface area contributed by atoms with Gasteiger partial charge < -0.3 is 19.0 Å². The lowest BCUT2D eigenvalue weighted by molar-refractivity contribution is -0.140. The fourth-order valence-corrected chi connectivity index (χ4v) is 3.81. The number of nitrogens with zero attached hydrogens (tertiary/aromatic N) is 4. The first-order valence-corrected chi connectivity index (χ1v) is 10.2. The molecule has 2 aromatic heterocycles. The van der Waals surface area contributed by atoms with Gasteiger partial charge in [-0.3, -0.25) is 9.59 Å². The number of carbonyl (C=O) groups is 1. The lowest BCUT2D eigenvalue weighted by atomic mass is 10.0. The molecule has 0 saturated carbocycles. The Morgan fingerprint density at radius 1 is 1.03 bits per heavy atom. The molecule has 1 aliphatic heterocycles. The van der Waals surface area contributed by atoms with Crippen LogP contribution in [0.4, 0.5) is 5.69 Å². The average Bonchev–Trinajstić information content (AvgIpc) is 3.34. The Kier molecular flexibility index (Phi) is 5.54. The van der Waals surface area contributed by atoms with Crippen molar-refractivity contribution in [3.05, 3.63) is 65.1 Å². The zero-order chi connectivity index (χ0) is 22.0. The van der Waals surface area contributed by atoms with Crippen LogP contribution in [-0.4, -0.2) is 53.9 Å². The van der Waals surface area contributed by atoms with Gasteiger partial charge in [-0.15, -0.1) is 0 Å². The summed E-state index contributed by atoms with van der Waals surface area (Å²) in [5, 5.41) is 4.42. The summed E-state index contributed by atoms with van der Waals surface area (Å²) in [6, 6.07) is 14.4. The molecule has 0 N–H and O–H groups in total. The topological polar surface area (TPSA) is 80.8 Å². The normalized spacial score (nSPS) is 14.5. The van der Waals surface area contributed by atoms with Crippen LogP contribution >= 0.6 is 0 Å². The molecule has 1 aliphatic rings. The molecule has 0 unspecified atom stereocenters. The molecule has 31 heavy (non-hydrogen) atoms.